The topological polar surface area (TPSA) is 340 Å². The summed E-state index contributed by atoms with van der Waals surface area (Å²) in [6, 6.07) is 8.81. The lowest BCUT2D eigenvalue weighted by Gasteiger charge is -2.41. The molecule has 4 rings (SSSR count). The summed E-state index contributed by atoms with van der Waals surface area (Å²) in [5, 5.41) is 35.8. The number of aliphatic hydroxyl groups excluding tert-OH is 1. The molecule has 10 amide bonds. The van der Waals surface area contributed by atoms with Crippen LogP contribution in [0.2, 0.25) is 0 Å². The zero-order valence-electron chi connectivity index (χ0n) is 57.1. The number of likely N-dealkylation sites (tertiary alicyclic amines) is 1. The number of rotatable bonds is 38. The fourth-order valence-corrected chi connectivity index (χ4v) is 12.4. The van der Waals surface area contributed by atoms with Gasteiger partial charge in [0, 0.05) is 60.1 Å². The maximum absolute atomic E-state index is 14.8. The summed E-state index contributed by atoms with van der Waals surface area (Å²) in [6.07, 6.45) is -0.619. The monoisotopic (exact) mass is 1360 g/mol. The van der Waals surface area contributed by atoms with Gasteiger partial charge in [-0.3, -0.25) is 38.5 Å². The molecule has 12 atom stereocenters. The van der Waals surface area contributed by atoms with E-state index >= 15 is 0 Å². The highest BCUT2D eigenvalue weighted by Gasteiger charge is 2.44. The standard InChI is InChI=1S/C66H103Cl2N13O13/c1-15-41(8)57(51(92-13)34-53(83)80-32-20-25-49(80)59(93-14)42(9)60(85)71-43(10)58(84)45-22-17-16-18-23-45)78(11)64(89)55(39(4)5)75-63(88)56(40(6)7)79(12)66(91)94-37-44-27-29-46(30-28-44)72-61(86)47(24-19-31-70-65(69)90)73-62(87)54(38(2)3)74-52(82)26-21-33-81-50(36-68)48(35-67)76-77-81/h16-18,22-23,27-30,38-43,47,49,51,54-59,84H,15,19-21,24-26,31-37H2,1-14H3,(H,71,85)(H,72,86)(H,73,87)(H,74,82)(H,75,88)(H3,69,70,90)/t41-,42+,43+,47-,49-,51+,54?,55-,56?,57-,58+,59+/m0/s1. The van der Waals surface area contributed by atoms with Crippen LogP contribution >= 0.6 is 23.2 Å². The molecule has 94 heavy (non-hydrogen) atoms. The number of anilines is 1. The molecule has 1 aliphatic rings. The van der Waals surface area contributed by atoms with E-state index < -0.39 is 120 Å². The minimum Gasteiger partial charge on any atom is -0.445 e. The SMILES string of the molecule is CC[C@H](C)[C@@H]([C@@H](CC(=O)N1CCC[C@H]1[C@H](OC)[C@@H](C)C(=O)N[C@H](C)[C@@H](O)c1ccccc1)OC)N(C)C(=O)[C@@H](NC(=O)C(C(C)C)N(C)C(=O)OCc1ccc(NC(=O)[C@H](CCCNC(N)=O)NC(=O)C(NC(=O)CCCn2nnc(CCl)c2CCl)C(C)C)cc1)C(C)C. The first kappa shape index (κ1) is 79.3. The molecule has 1 aliphatic heterocycles. The van der Waals surface area contributed by atoms with E-state index in [4.69, 9.17) is 43.1 Å². The Hall–Kier alpha value is -7.13. The summed E-state index contributed by atoms with van der Waals surface area (Å²) in [5.74, 6) is -4.95. The Morgan fingerprint density at radius 3 is 2.00 bits per heavy atom. The number of primary amides is 1. The fourth-order valence-electron chi connectivity index (χ4n) is 11.9. The number of carbonyl (C=O) groups is 9. The van der Waals surface area contributed by atoms with E-state index in [1.54, 1.807) is 113 Å². The molecular weight excluding hydrogens is 1250 g/mol. The Balaban J connectivity index is 1.39. The molecule has 0 aliphatic carbocycles. The van der Waals surface area contributed by atoms with E-state index in [0.29, 0.717) is 67.0 Å². The number of urea groups is 1. The Morgan fingerprint density at radius 2 is 1.43 bits per heavy atom. The van der Waals surface area contributed by atoms with Gasteiger partial charge in [0.1, 0.15) is 36.5 Å². The normalized spacial score (nSPS) is 16.7. The number of halogens is 2. The number of likely N-dealkylation sites (N-methyl/N-ethyl adjacent to an activating group) is 2. The van der Waals surface area contributed by atoms with Gasteiger partial charge >= 0.3 is 12.1 Å². The van der Waals surface area contributed by atoms with E-state index in [1.165, 1.54) is 26.2 Å². The van der Waals surface area contributed by atoms with Gasteiger partial charge in [0.05, 0.1) is 66.2 Å². The molecule has 28 heteroatoms. The number of hydrogen-bond donors (Lipinski definition) is 8. The summed E-state index contributed by atoms with van der Waals surface area (Å²) in [7, 11) is 6.09. The Bertz CT molecular complexity index is 2940. The van der Waals surface area contributed by atoms with Crippen molar-refractivity contribution in [2.45, 2.75) is 206 Å². The molecule has 0 bridgehead atoms. The third kappa shape index (κ3) is 22.8. The van der Waals surface area contributed by atoms with Crippen molar-refractivity contribution in [3.8, 4) is 0 Å². The van der Waals surface area contributed by atoms with E-state index in [2.05, 4.69) is 42.2 Å². The lowest BCUT2D eigenvalue weighted by Crippen LogP contribution is -2.60. The molecule has 26 nitrogen and oxygen atoms in total. The molecule has 1 aromatic heterocycles. The smallest absolute Gasteiger partial charge is 0.410 e. The van der Waals surface area contributed by atoms with Crippen LogP contribution in [0.15, 0.2) is 54.6 Å². The molecule has 2 heterocycles. The number of nitrogens with two attached hydrogens (primary N) is 1. The van der Waals surface area contributed by atoms with Gasteiger partial charge in [-0.05, 0) is 86.0 Å². The van der Waals surface area contributed by atoms with Gasteiger partial charge in [-0.2, -0.15) is 0 Å². The number of methoxy groups -OCH3 is 2. The molecule has 1 fully saturated rings. The van der Waals surface area contributed by atoms with Gasteiger partial charge < -0.3 is 66.8 Å². The van der Waals surface area contributed by atoms with E-state index in [1.807, 2.05) is 32.0 Å². The molecule has 3 aromatic rings. The van der Waals surface area contributed by atoms with Crippen molar-refractivity contribution in [2.75, 3.05) is 46.7 Å². The lowest BCUT2D eigenvalue weighted by molar-refractivity contribution is -0.148. The summed E-state index contributed by atoms with van der Waals surface area (Å²) in [6.45, 7) is 18.8. The van der Waals surface area contributed by atoms with Gasteiger partial charge in [-0.1, -0.05) is 116 Å². The van der Waals surface area contributed by atoms with Crippen LogP contribution in [0, 0.1) is 29.6 Å². The number of amides is 10. The Kier molecular flexibility index (Phi) is 32.9. The quantitative estimate of drug-likeness (QED) is 0.0236. The summed E-state index contributed by atoms with van der Waals surface area (Å²) in [5.41, 5.74) is 8.00. The molecule has 524 valence electrons. The van der Waals surface area contributed by atoms with Crippen LogP contribution in [0.1, 0.15) is 149 Å². The third-order valence-electron chi connectivity index (χ3n) is 17.5. The molecular formula is C66H103Cl2N13O13. The van der Waals surface area contributed by atoms with Crippen molar-refractivity contribution >= 4 is 82.4 Å². The van der Waals surface area contributed by atoms with Gasteiger partial charge in [0.25, 0.3) is 0 Å². The predicted octanol–water partition coefficient (Wildman–Crippen LogP) is 6.14. The molecule has 1 saturated heterocycles. The molecule has 0 saturated carbocycles. The second-order valence-electron chi connectivity index (χ2n) is 25.4. The second-order valence-corrected chi connectivity index (χ2v) is 25.9. The van der Waals surface area contributed by atoms with Crippen molar-refractivity contribution in [3.63, 3.8) is 0 Å². The highest BCUT2D eigenvalue weighted by atomic mass is 35.5. The van der Waals surface area contributed by atoms with Gasteiger partial charge in [0.2, 0.25) is 41.4 Å². The lowest BCUT2D eigenvalue weighted by atomic mass is 9.89. The van der Waals surface area contributed by atoms with Crippen molar-refractivity contribution in [1.82, 2.24) is 56.3 Å². The summed E-state index contributed by atoms with van der Waals surface area (Å²) >= 11 is 12.0. The fraction of sp³-hybridized carbons (Fsp3) is 0.652. The Morgan fingerprint density at radius 1 is 0.766 bits per heavy atom. The number of benzene rings is 2. The van der Waals surface area contributed by atoms with Crippen LogP contribution in [0.25, 0.3) is 0 Å². The van der Waals surface area contributed by atoms with Crippen molar-refractivity contribution in [1.29, 1.82) is 0 Å². The highest BCUT2D eigenvalue weighted by molar-refractivity contribution is 6.18. The predicted molar refractivity (Wildman–Crippen MR) is 357 cm³/mol. The number of aliphatic hydroxyl groups is 1. The van der Waals surface area contributed by atoms with Gasteiger partial charge in [-0.25, -0.2) is 14.3 Å². The van der Waals surface area contributed by atoms with E-state index in [9.17, 15) is 48.3 Å². The van der Waals surface area contributed by atoms with Crippen LogP contribution < -0.4 is 37.6 Å². The van der Waals surface area contributed by atoms with Crippen molar-refractivity contribution < 1.29 is 62.5 Å². The zero-order valence-corrected chi connectivity index (χ0v) is 58.6. The number of nitrogens with zero attached hydrogens (tertiary/aromatic N) is 6. The van der Waals surface area contributed by atoms with Gasteiger partial charge in [0.15, 0.2) is 0 Å². The maximum Gasteiger partial charge on any atom is 0.410 e. The number of carbonyl (C=O) groups excluding carboxylic acids is 9. The maximum atomic E-state index is 14.8. The van der Waals surface area contributed by atoms with Gasteiger partial charge in [-0.15, -0.1) is 28.3 Å². The largest absolute Gasteiger partial charge is 0.445 e. The van der Waals surface area contributed by atoms with Crippen LogP contribution in [0.3, 0.4) is 0 Å². The Labute approximate surface area is 563 Å². The zero-order chi connectivity index (χ0) is 70.1. The molecule has 0 spiro atoms. The van der Waals surface area contributed by atoms with Crippen LogP contribution in [0.5, 0.6) is 0 Å². The molecule has 2 unspecified atom stereocenters. The minimum atomic E-state index is -1.11. The average Bonchev–Trinajstić information content (AvgIpc) is 1.36. The first-order chi connectivity index (χ1) is 44.5. The van der Waals surface area contributed by atoms with Crippen molar-refractivity contribution in [2.24, 2.45) is 35.3 Å². The molecule has 2 aromatic carbocycles. The second kappa shape index (κ2) is 39.0. The first-order valence-electron chi connectivity index (χ1n) is 32.5. The summed E-state index contributed by atoms with van der Waals surface area (Å²) in [4.78, 5) is 128. The highest BCUT2D eigenvalue weighted by Crippen LogP contribution is 2.31. The number of aromatic nitrogens is 3. The van der Waals surface area contributed by atoms with E-state index in [0.717, 1.165) is 0 Å². The average molecular weight is 1360 g/mol. The molecule has 9 N–H and O–H groups in total. The van der Waals surface area contributed by atoms with Crippen LogP contribution in [0.4, 0.5) is 15.3 Å². The van der Waals surface area contributed by atoms with Crippen molar-refractivity contribution in [3.05, 3.63) is 77.1 Å². The first-order valence-corrected chi connectivity index (χ1v) is 33.5. The number of aryl methyl sites for hydroxylation is 1. The van der Waals surface area contributed by atoms with Crippen LogP contribution in [-0.4, -0.2) is 184 Å². The third-order valence-corrected chi connectivity index (χ3v) is 18.0. The van der Waals surface area contributed by atoms with E-state index in [-0.39, 0.29) is 74.2 Å². The molecule has 0 radical (unpaired) electrons. The number of ether oxygens (including phenoxy) is 3. The number of hydrogen-bond acceptors (Lipinski definition) is 15. The summed E-state index contributed by atoms with van der Waals surface area (Å²) < 4.78 is 19.4. The minimum absolute atomic E-state index is 0.0558. The number of nitrogens with one attached hydrogen (secondary N) is 6. The van der Waals surface area contributed by atoms with Crippen LogP contribution in [-0.2, 0) is 72.7 Å². The number of alkyl halides is 2.